The number of likely N-dealkylation sites (tertiary alicyclic amines) is 1. The molecule has 1 N–H and O–H groups in total. The van der Waals surface area contributed by atoms with Crippen LogP contribution in [0.25, 0.3) is 0 Å². The highest BCUT2D eigenvalue weighted by Crippen LogP contribution is 2.25. The lowest BCUT2D eigenvalue weighted by atomic mass is 9.94. The maximum atomic E-state index is 12.6. The van der Waals surface area contributed by atoms with Crippen LogP contribution in [0.1, 0.15) is 41.5 Å². The number of carbonyl (C=O) groups is 1. The highest BCUT2D eigenvalue weighted by Gasteiger charge is 2.26. The smallest absolute Gasteiger partial charge is 0.345 e. The van der Waals surface area contributed by atoms with Crippen LogP contribution in [-0.4, -0.2) is 39.0 Å². The second kappa shape index (κ2) is 6.36. The number of rotatable bonds is 3. The number of aromatic nitrogens is 3. The summed E-state index contributed by atoms with van der Waals surface area (Å²) in [5.41, 5.74) is 2.14. The summed E-state index contributed by atoms with van der Waals surface area (Å²) >= 11 is 0. The van der Waals surface area contributed by atoms with E-state index in [1.54, 1.807) is 0 Å². The minimum atomic E-state index is -0.346. The number of hydrogen-bond donors (Lipinski definition) is 1. The molecule has 1 saturated heterocycles. The first-order valence-electron chi connectivity index (χ1n) is 7.79. The number of amides is 1. The Hall–Kier alpha value is -2.44. The van der Waals surface area contributed by atoms with Crippen molar-refractivity contribution >= 4 is 5.91 Å². The number of nitrogens with zero attached hydrogens (tertiary/aromatic N) is 3. The Morgan fingerprint density at radius 2 is 2.30 bits per heavy atom. The highest BCUT2D eigenvalue weighted by atomic mass is 16.5. The van der Waals surface area contributed by atoms with Crippen LogP contribution in [0.5, 0.6) is 0 Å². The number of piperidine rings is 1. The van der Waals surface area contributed by atoms with Gasteiger partial charge in [-0.05, 0) is 32.8 Å². The fourth-order valence-corrected chi connectivity index (χ4v) is 3.10. The second-order valence-electron chi connectivity index (χ2n) is 5.99. The molecular weight excluding hydrogens is 296 g/mol. The van der Waals surface area contributed by atoms with Gasteiger partial charge in [-0.3, -0.25) is 4.79 Å². The van der Waals surface area contributed by atoms with Gasteiger partial charge in [-0.1, -0.05) is 5.16 Å². The van der Waals surface area contributed by atoms with Crippen molar-refractivity contribution in [2.75, 3.05) is 13.1 Å². The predicted octanol–water partition coefficient (Wildman–Crippen LogP) is 1.32. The molecule has 3 heterocycles. The standard InChI is InChI=1S/C16H20N4O3/c1-10-13(11(2)23-19-10)8-15(21)20-7-3-4-12(9-20)14-5-6-17-16(22)18-14/h5-6,12H,3-4,7-9H2,1-2H3,(H,17,18,22)/t12-/m1/s1. The first kappa shape index (κ1) is 15.5. The van der Waals surface area contributed by atoms with Crippen LogP contribution in [0.3, 0.4) is 0 Å². The summed E-state index contributed by atoms with van der Waals surface area (Å²) < 4.78 is 5.12. The van der Waals surface area contributed by atoms with Crippen molar-refractivity contribution in [1.82, 2.24) is 20.0 Å². The quantitative estimate of drug-likeness (QED) is 0.922. The molecule has 7 nitrogen and oxygen atoms in total. The summed E-state index contributed by atoms with van der Waals surface area (Å²) in [5, 5.41) is 3.89. The van der Waals surface area contributed by atoms with Gasteiger partial charge in [0.05, 0.1) is 12.1 Å². The molecular formula is C16H20N4O3. The van der Waals surface area contributed by atoms with Crippen molar-refractivity contribution in [3.8, 4) is 0 Å². The zero-order valence-electron chi connectivity index (χ0n) is 13.3. The third-order valence-corrected chi connectivity index (χ3v) is 4.42. The fraction of sp³-hybridized carbons (Fsp3) is 0.500. The SMILES string of the molecule is Cc1noc(C)c1CC(=O)N1CCC[C@@H](c2ccnc(=O)[nH]2)C1. The highest BCUT2D eigenvalue weighted by molar-refractivity contribution is 5.79. The van der Waals surface area contributed by atoms with Crippen LogP contribution >= 0.6 is 0 Å². The van der Waals surface area contributed by atoms with Crippen molar-refractivity contribution in [2.45, 2.75) is 39.0 Å². The molecule has 122 valence electrons. The van der Waals surface area contributed by atoms with E-state index in [2.05, 4.69) is 15.1 Å². The Labute approximate surface area is 133 Å². The molecule has 0 aromatic carbocycles. The van der Waals surface area contributed by atoms with E-state index in [4.69, 9.17) is 4.52 Å². The monoisotopic (exact) mass is 316 g/mol. The molecule has 2 aromatic heterocycles. The van der Waals surface area contributed by atoms with E-state index in [0.717, 1.165) is 36.3 Å². The largest absolute Gasteiger partial charge is 0.361 e. The molecule has 1 fully saturated rings. The molecule has 0 unspecified atom stereocenters. The molecule has 23 heavy (non-hydrogen) atoms. The minimum Gasteiger partial charge on any atom is -0.361 e. The Kier molecular flexibility index (Phi) is 4.27. The van der Waals surface area contributed by atoms with Crippen LogP contribution in [0.15, 0.2) is 21.6 Å². The van der Waals surface area contributed by atoms with E-state index >= 15 is 0 Å². The molecule has 1 amide bonds. The lowest BCUT2D eigenvalue weighted by molar-refractivity contribution is -0.131. The summed E-state index contributed by atoms with van der Waals surface area (Å²) in [5.74, 6) is 0.913. The Morgan fingerprint density at radius 3 is 3.00 bits per heavy atom. The topological polar surface area (TPSA) is 92.1 Å². The normalized spacial score (nSPS) is 18.2. The van der Waals surface area contributed by atoms with Gasteiger partial charge in [0.1, 0.15) is 5.76 Å². The van der Waals surface area contributed by atoms with Gasteiger partial charge in [-0.2, -0.15) is 0 Å². The summed E-state index contributed by atoms with van der Waals surface area (Å²) in [6.45, 7) is 5.03. The Bertz CT molecular complexity index is 745. The third kappa shape index (κ3) is 3.33. The third-order valence-electron chi connectivity index (χ3n) is 4.42. The number of H-pyrrole nitrogens is 1. The first-order valence-corrected chi connectivity index (χ1v) is 7.79. The molecule has 1 aliphatic rings. The summed E-state index contributed by atoms with van der Waals surface area (Å²) in [6.07, 6.45) is 3.69. The van der Waals surface area contributed by atoms with Gasteiger partial charge in [-0.15, -0.1) is 0 Å². The summed E-state index contributed by atoms with van der Waals surface area (Å²) in [4.78, 5) is 32.2. The van der Waals surface area contributed by atoms with Gasteiger partial charge in [0.15, 0.2) is 0 Å². The molecule has 0 spiro atoms. The van der Waals surface area contributed by atoms with Crippen molar-refractivity contribution in [3.63, 3.8) is 0 Å². The molecule has 2 aromatic rings. The van der Waals surface area contributed by atoms with E-state index in [1.165, 1.54) is 6.20 Å². The summed E-state index contributed by atoms with van der Waals surface area (Å²) in [7, 11) is 0. The first-order chi connectivity index (χ1) is 11.0. The number of nitrogens with one attached hydrogen (secondary N) is 1. The zero-order valence-corrected chi connectivity index (χ0v) is 13.3. The van der Waals surface area contributed by atoms with E-state index in [9.17, 15) is 9.59 Å². The molecule has 0 saturated carbocycles. The second-order valence-corrected chi connectivity index (χ2v) is 5.99. The number of aryl methyl sites for hydroxylation is 2. The molecule has 7 heteroatoms. The molecule has 3 rings (SSSR count). The fourth-order valence-electron chi connectivity index (χ4n) is 3.10. The van der Waals surface area contributed by atoms with Crippen molar-refractivity contribution in [1.29, 1.82) is 0 Å². The van der Waals surface area contributed by atoms with Crippen molar-refractivity contribution in [3.05, 3.63) is 45.5 Å². The molecule has 1 atom stereocenters. The maximum absolute atomic E-state index is 12.6. The van der Waals surface area contributed by atoms with Gasteiger partial charge >= 0.3 is 5.69 Å². The number of aromatic amines is 1. The van der Waals surface area contributed by atoms with Crippen LogP contribution in [0.4, 0.5) is 0 Å². The Morgan fingerprint density at radius 1 is 1.48 bits per heavy atom. The van der Waals surface area contributed by atoms with Gasteiger partial charge < -0.3 is 14.4 Å². The molecule has 1 aliphatic heterocycles. The summed E-state index contributed by atoms with van der Waals surface area (Å²) in [6, 6.07) is 1.81. The van der Waals surface area contributed by atoms with Crippen LogP contribution in [0.2, 0.25) is 0 Å². The van der Waals surface area contributed by atoms with Gasteiger partial charge in [0.2, 0.25) is 5.91 Å². The van der Waals surface area contributed by atoms with Crippen molar-refractivity contribution < 1.29 is 9.32 Å². The lowest BCUT2D eigenvalue weighted by Crippen LogP contribution is -2.40. The molecule has 0 bridgehead atoms. The minimum absolute atomic E-state index is 0.0699. The Balaban J connectivity index is 1.71. The maximum Gasteiger partial charge on any atom is 0.345 e. The van der Waals surface area contributed by atoms with Crippen molar-refractivity contribution in [2.24, 2.45) is 0 Å². The van der Waals surface area contributed by atoms with Gasteiger partial charge in [-0.25, -0.2) is 9.78 Å². The van der Waals surface area contributed by atoms with E-state index < -0.39 is 0 Å². The number of carbonyl (C=O) groups excluding carboxylic acids is 1. The van der Waals surface area contributed by atoms with Crippen LogP contribution in [0, 0.1) is 13.8 Å². The van der Waals surface area contributed by atoms with E-state index in [0.29, 0.717) is 18.7 Å². The average Bonchev–Trinajstić information content (AvgIpc) is 2.87. The van der Waals surface area contributed by atoms with Gasteiger partial charge in [0.25, 0.3) is 0 Å². The van der Waals surface area contributed by atoms with Gasteiger partial charge in [0, 0.05) is 36.5 Å². The van der Waals surface area contributed by atoms with Crippen LogP contribution < -0.4 is 5.69 Å². The van der Waals surface area contributed by atoms with Crippen LogP contribution in [-0.2, 0) is 11.2 Å². The molecule has 0 aliphatic carbocycles. The predicted molar refractivity (Wildman–Crippen MR) is 83.1 cm³/mol. The van der Waals surface area contributed by atoms with E-state index in [-0.39, 0.29) is 17.5 Å². The lowest BCUT2D eigenvalue weighted by Gasteiger charge is -2.32. The number of hydrogen-bond acceptors (Lipinski definition) is 5. The molecule has 0 radical (unpaired) electrons. The van der Waals surface area contributed by atoms with E-state index in [1.807, 2.05) is 24.8 Å². The zero-order chi connectivity index (χ0) is 16.4. The average molecular weight is 316 g/mol.